The van der Waals surface area contributed by atoms with E-state index >= 15 is 0 Å². The molecule has 114 valence electrons. The molecule has 0 aliphatic heterocycles. The molecule has 1 aromatic heterocycles. The molecule has 6 heteroatoms. The molecule has 0 aliphatic rings. The number of nitrogens with zero attached hydrogens (tertiary/aromatic N) is 3. The van der Waals surface area contributed by atoms with E-state index in [9.17, 15) is 0 Å². The molecule has 1 N–H and O–H groups in total. The van der Waals surface area contributed by atoms with E-state index in [2.05, 4.69) is 29.4 Å². The molecular formula is C15H22N4O2. The van der Waals surface area contributed by atoms with E-state index in [1.54, 1.807) is 13.4 Å². The lowest BCUT2D eigenvalue weighted by molar-refractivity contribution is 0.285. The van der Waals surface area contributed by atoms with Crippen LogP contribution in [-0.4, -0.2) is 27.9 Å². The molecular weight excluding hydrogens is 268 g/mol. The summed E-state index contributed by atoms with van der Waals surface area (Å²) in [6.45, 7) is 5.35. The highest BCUT2D eigenvalue weighted by Crippen LogP contribution is 2.25. The fourth-order valence-corrected chi connectivity index (χ4v) is 1.84. The number of benzene rings is 1. The fraction of sp³-hybridized carbons (Fsp3) is 0.467. The predicted octanol–water partition coefficient (Wildman–Crippen LogP) is 1.90. The third-order valence-corrected chi connectivity index (χ3v) is 3.14. The molecule has 0 fully saturated rings. The van der Waals surface area contributed by atoms with Gasteiger partial charge in [0.1, 0.15) is 24.4 Å². The quantitative estimate of drug-likeness (QED) is 0.844. The Morgan fingerprint density at radius 1 is 1.33 bits per heavy atom. The minimum atomic E-state index is 0.373. The number of hydrogen-bond donors (Lipinski definition) is 1. The van der Waals surface area contributed by atoms with Crippen LogP contribution >= 0.6 is 0 Å². The van der Waals surface area contributed by atoms with Crippen molar-refractivity contribution in [3.8, 4) is 11.5 Å². The normalized spacial score (nSPS) is 10.9. The van der Waals surface area contributed by atoms with Crippen LogP contribution in [0.25, 0.3) is 0 Å². The zero-order chi connectivity index (χ0) is 15.2. The zero-order valence-electron chi connectivity index (χ0n) is 13.0. The Bertz CT molecular complexity index is 581. The molecule has 0 spiro atoms. The van der Waals surface area contributed by atoms with Crippen molar-refractivity contribution in [2.75, 3.05) is 7.11 Å². The third-order valence-electron chi connectivity index (χ3n) is 3.14. The Morgan fingerprint density at radius 2 is 2.14 bits per heavy atom. The van der Waals surface area contributed by atoms with Crippen LogP contribution in [0.4, 0.5) is 0 Å². The van der Waals surface area contributed by atoms with Gasteiger partial charge in [-0.05, 0) is 6.07 Å². The monoisotopic (exact) mass is 290 g/mol. The molecule has 21 heavy (non-hydrogen) atoms. The van der Waals surface area contributed by atoms with Crippen molar-refractivity contribution < 1.29 is 9.47 Å². The van der Waals surface area contributed by atoms with Crippen molar-refractivity contribution >= 4 is 0 Å². The Labute approximate surface area is 125 Å². The van der Waals surface area contributed by atoms with Gasteiger partial charge in [0.25, 0.3) is 0 Å². The molecule has 0 bridgehead atoms. The highest BCUT2D eigenvalue weighted by atomic mass is 16.5. The fourth-order valence-electron chi connectivity index (χ4n) is 1.84. The number of ether oxygens (including phenoxy) is 2. The van der Waals surface area contributed by atoms with Crippen molar-refractivity contribution in [2.45, 2.75) is 33.0 Å². The molecule has 0 saturated carbocycles. The van der Waals surface area contributed by atoms with Gasteiger partial charge in [-0.2, -0.15) is 0 Å². The zero-order valence-corrected chi connectivity index (χ0v) is 13.0. The molecule has 0 radical (unpaired) electrons. The van der Waals surface area contributed by atoms with Crippen LogP contribution in [0.2, 0.25) is 0 Å². The Kier molecular flexibility index (Phi) is 5.16. The van der Waals surface area contributed by atoms with Crippen molar-refractivity contribution in [3.63, 3.8) is 0 Å². The maximum absolute atomic E-state index is 5.89. The summed E-state index contributed by atoms with van der Waals surface area (Å²) < 4.78 is 13.0. The second kappa shape index (κ2) is 7.08. The van der Waals surface area contributed by atoms with Gasteiger partial charge in [-0.1, -0.05) is 19.9 Å². The Morgan fingerprint density at radius 3 is 2.76 bits per heavy atom. The van der Waals surface area contributed by atoms with Crippen molar-refractivity contribution in [2.24, 2.45) is 7.05 Å². The summed E-state index contributed by atoms with van der Waals surface area (Å²) in [5.74, 6) is 2.35. The van der Waals surface area contributed by atoms with E-state index in [-0.39, 0.29) is 0 Å². The number of nitrogens with one attached hydrogen (secondary N) is 1. The first-order valence-electron chi connectivity index (χ1n) is 6.96. The van der Waals surface area contributed by atoms with E-state index in [1.165, 1.54) is 0 Å². The molecule has 0 aliphatic carbocycles. The Hall–Kier alpha value is -2.08. The number of aromatic nitrogens is 3. The number of hydrogen-bond acceptors (Lipinski definition) is 5. The molecule has 1 heterocycles. The molecule has 1 aromatic carbocycles. The summed E-state index contributed by atoms with van der Waals surface area (Å²) in [5.41, 5.74) is 1.09. The smallest absolute Gasteiger partial charge is 0.170 e. The minimum absolute atomic E-state index is 0.373. The van der Waals surface area contributed by atoms with Crippen LogP contribution in [-0.2, 0) is 20.2 Å². The number of aryl methyl sites for hydroxylation is 1. The first-order valence-corrected chi connectivity index (χ1v) is 6.96. The summed E-state index contributed by atoms with van der Waals surface area (Å²) in [6, 6.07) is 6.26. The summed E-state index contributed by atoms with van der Waals surface area (Å²) in [4.78, 5) is 0. The van der Waals surface area contributed by atoms with Crippen LogP contribution in [0.1, 0.15) is 25.2 Å². The molecule has 2 rings (SSSR count). The van der Waals surface area contributed by atoms with Crippen LogP contribution in [0.3, 0.4) is 0 Å². The van der Waals surface area contributed by atoms with Gasteiger partial charge in [0.15, 0.2) is 5.82 Å². The summed E-state index contributed by atoms with van der Waals surface area (Å²) in [5, 5.41) is 11.3. The first-order chi connectivity index (χ1) is 10.1. The molecule has 6 nitrogen and oxygen atoms in total. The van der Waals surface area contributed by atoms with Gasteiger partial charge in [-0.15, -0.1) is 10.2 Å². The third kappa shape index (κ3) is 4.19. The summed E-state index contributed by atoms with van der Waals surface area (Å²) >= 11 is 0. The average molecular weight is 290 g/mol. The molecule has 0 atom stereocenters. The SMILES string of the molecule is COc1ccc(CNC(C)C)c(OCc2nncn2C)c1. The van der Waals surface area contributed by atoms with Gasteiger partial charge in [-0.3, -0.25) is 0 Å². The first kappa shape index (κ1) is 15.3. The van der Waals surface area contributed by atoms with E-state index in [0.29, 0.717) is 12.6 Å². The van der Waals surface area contributed by atoms with Gasteiger partial charge in [0.2, 0.25) is 0 Å². The van der Waals surface area contributed by atoms with Crippen LogP contribution in [0.15, 0.2) is 24.5 Å². The highest BCUT2D eigenvalue weighted by Gasteiger charge is 2.09. The molecule has 0 saturated heterocycles. The summed E-state index contributed by atoms with van der Waals surface area (Å²) in [7, 11) is 3.54. The van der Waals surface area contributed by atoms with Gasteiger partial charge in [0, 0.05) is 31.3 Å². The van der Waals surface area contributed by atoms with Gasteiger partial charge in [-0.25, -0.2) is 0 Å². The van der Waals surface area contributed by atoms with Crippen LogP contribution < -0.4 is 14.8 Å². The lowest BCUT2D eigenvalue weighted by Crippen LogP contribution is -2.22. The molecule has 0 amide bonds. The summed E-state index contributed by atoms with van der Waals surface area (Å²) in [6.07, 6.45) is 1.66. The highest BCUT2D eigenvalue weighted by molar-refractivity contribution is 5.40. The predicted molar refractivity (Wildman–Crippen MR) is 80.3 cm³/mol. The van der Waals surface area contributed by atoms with Crippen molar-refractivity contribution in [1.29, 1.82) is 0 Å². The van der Waals surface area contributed by atoms with Gasteiger partial charge < -0.3 is 19.4 Å². The van der Waals surface area contributed by atoms with E-state index < -0.39 is 0 Å². The Balaban J connectivity index is 2.12. The number of rotatable bonds is 7. The minimum Gasteiger partial charge on any atom is -0.497 e. The topological polar surface area (TPSA) is 61.2 Å². The van der Waals surface area contributed by atoms with Crippen LogP contribution in [0, 0.1) is 0 Å². The molecule has 0 unspecified atom stereocenters. The second-order valence-electron chi connectivity index (χ2n) is 5.16. The maximum Gasteiger partial charge on any atom is 0.170 e. The van der Waals surface area contributed by atoms with Gasteiger partial charge >= 0.3 is 0 Å². The maximum atomic E-state index is 5.89. The van der Waals surface area contributed by atoms with Crippen molar-refractivity contribution in [3.05, 3.63) is 35.9 Å². The van der Waals surface area contributed by atoms with E-state index in [4.69, 9.17) is 9.47 Å². The van der Waals surface area contributed by atoms with E-state index in [1.807, 2.05) is 29.8 Å². The number of methoxy groups -OCH3 is 1. The molecule has 2 aromatic rings. The van der Waals surface area contributed by atoms with Crippen LogP contribution in [0.5, 0.6) is 11.5 Å². The lowest BCUT2D eigenvalue weighted by Gasteiger charge is -2.14. The average Bonchev–Trinajstić information content (AvgIpc) is 2.88. The van der Waals surface area contributed by atoms with Gasteiger partial charge in [0.05, 0.1) is 7.11 Å². The van der Waals surface area contributed by atoms with Crippen molar-refractivity contribution in [1.82, 2.24) is 20.1 Å². The lowest BCUT2D eigenvalue weighted by atomic mass is 10.2. The van der Waals surface area contributed by atoms with E-state index in [0.717, 1.165) is 29.4 Å². The second-order valence-corrected chi connectivity index (χ2v) is 5.16. The standard InChI is InChI=1S/C15H22N4O2/c1-11(2)16-8-12-5-6-13(20-4)7-14(12)21-9-15-18-17-10-19(15)3/h5-7,10-11,16H,8-9H2,1-4H3. The largest absolute Gasteiger partial charge is 0.497 e.